The Morgan fingerprint density at radius 2 is 1.74 bits per heavy atom. The summed E-state index contributed by atoms with van der Waals surface area (Å²) in [5.74, 6) is -0.413. The Morgan fingerprint density at radius 3 is 2.51 bits per heavy atom. The van der Waals surface area contributed by atoms with Crippen LogP contribution in [0.2, 0.25) is 0 Å². The highest BCUT2D eigenvalue weighted by Crippen LogP contribution is 2.33. The first kappa shape index (κ1) is 23.8. The van der Waals surface area contributed by atoms with E-state index in [1.54, 1.807) is 55.5 Å². The van der Waals surface area contributed by atoms with Crippen LogP contribution in [-0.2, 0) is 4.79 Å². The number of nitrogens with zero attached hydrogens (tertiary/aromatic N) is 1. The van der Waals surface area contributed by atoms with Gasteiger partial charge in [0.25, 0.3) is 11.8 Å². The predicted molar refractivity (Wildman–Crippen MR) is 132 cm³/mol. The van der Waals surface area contributed by atoms with Gasteiger partial charge in [-0.3, -0.25) is 9.59 Å². The highest BCUT2D eigenvalue weighted by molar-refractivity contribution is 9.10. The topological polar surface area (TPSA) is 129 Å². The zero-order valence-electron chi connectivity index (χ0n) is 18.4. The summed E-state index contributed by atoms with van der Waals surface area (Å²) in [6, 6.07) is 16.2. The molecule has 4 N–H and O–H groups in total. The number of hydrogen-bond donors (Lipinski definition) is 4. The van der Waals surface area contributed by atoms with Gasteiger partial charge >= 0.3 is 0 Å². The highest BCUT2D eigenvalue weighted by Gasteiger charge is 2.17. The molecule has 0 fully saturated rings. The van der Waals surface area contributed by atoms with Crippen molar-refractivity contribution in [3.8, 4) is 23.0 Å². The number of rotatable bonds is 6. The van der Waals surface area contributed by atoms with Crippen LogP contribution in [0.4, 0.5) is 0 Å². The molecular formula is C25H20BrN3O6. The number of halogens is 1. The first-order valence-corrected chi connectivity index (χ1v) is 11.2. The van der Waals surface area contributed by atoms with Gasteiger partial charge in [-0.1, -0.05) is 24.3 Å². The molecule has 1 heterocycles. The van der Waals surface area contributed by atoms with Gasteiger partial charge in [0.15, 0.2) is 11.5 Å². The van der Waals surface area contributed by atoms with E-state index >= 15 is 0 Å². The van der Waals surface area contributed by atoms with Gasteiger partial charge in [-0.2, -0.15) is 5.10 Å². The number of ether oxygens (including phenoxy) is 2. The largest absolute Gasteiger partial charge is 0.507 e. The Morgan fingerprint density at radius 1 is 1.00 bits per heavy atom. The zero-order chi connectivity index (χ0) is 24.9. The molecule has 0 atom stereocenters. The second-order valence-corrected chi connectivity index (χ2v) is 8.30. The van der Waals surface area contributed by atoms with Crippen molar-refractivity contribution in [1.29, 1.82) is 0 Å². The lowest BCUT2D eigenvalue weighted by atomic mass is 10.1. The molecule has 10 heteroatoms. The molecule has 178 valence electrons. The number of phenolic OH excluding ortho intramolecular Hbond substituents is 2. The lowest BCUT2D eigenvalue weighted by Crippen LogP contribution is -2.33. The van der Waals surface area contributed by atoms with Crippen molar-refractivity contribution in [2.75, 3.05) is 6.79 Å². The quantitative estimate of drug-likeness (QED) is 0.214. The Labute approximate surface area is 208 Å². The number of hydrogen-bond acceptors (Lipinski definition) is 7. The van der Waals surface area contributed by atoms with Crippen molar-refractivity contribution < 1.29 is 29.3 Å². The van der Waals surface area contributed by atoms with Gasteiger partial charge in [0.1, 0.15) is 17.2 Å². The molecule has 4 rings (SSSR count). The molecular weight excluding hydrogens is 518 g/mol. The van der Waals surface area contributed by atoms with Crippen LogP contribution >= 0.6 is 15.9 Å². The number of carbonyl (C=O) groups is 2. The van der Waals surface area contributed by atoms with Crippen LogP contribution < -0.4 is 20.2 Å². The first-order chi connectivity index (χ1) is 16.8. The van der Waals surface area contributed by atoms with Gasteiger partial charge in [0, 0.05) is 17.2 Å². The third kappa shape index (κ3) is 5.61. The molecule has 0 aliphatic carbocycles. The van der Waals surface area contributed by atoms with Crippen LogP contribution in [0.3, 0.4) is 0 Å². The van der Waals surface area contributed by atoms with E-state index in [-0.39, 0.29) is 29.7 Å². The fourth-order valence-corrected chi connectivity index (χ4v) is 3.55. The third-order valence-electron chi connectivity index (χ3n) is 5.02. The standard InChI is InChI=1S/C25H20BrN3O6/c1-14(17-11-18(26)21(31)12-20(17)30)28-29-25(33)19(27-24(32)16-5-3-2-4-6-16)9-15-7-8-22-23(10-15)35-13-34-22/h2-12,30-31H,13H2,1H3,(H,27,32)(H,29,33). The summed E-state index contributed by atoms with van der Waals surface area (Å²) >= 11 is 3.18. The van der Waals surface area contributed by atoms with Crippen LogP contribution in [0.15, 0.2) is 75.9 Å². The fraction of sp³-hybridized carbons (Fsp3) is 0.0800. The molecule has 0 saturated carbocycles. The summed E-state index contributed by atoms with van der Waals surface area (Å²) < 4.78 is 11.0. The average Bonchev–Trinajstić information content (AvgIpc) is 3.32. The average molecular weight is 538 g/mol. The number of benzene rings is 3. The van der Waals surface area contributed by atoms with Gasteiger partial charge in [-0.15, -0.1) is 0 Å². The minimum absolute atomic E-state index is 0.0645. The van der Waals surface area contributed by atoms with E-state index in [0.29, 0.717) is 32.7 Å². The van der Waals surface area contributed by atoms with Crippen molar-refractivity contribution in [1.82, 2.24) is 10.7 Å². The van der Waals surface area contributed by atoms with Gasteiger partial charge in [0.2, 0.25) is 6.79 Å². The predicted octanol–water partition coefficient (Wildman–Crippen LogP) is 3.90. The molecule has 2 amide bonds. The van der Waals surface area contributed by atoms with Gasteiger partial charge in [0.05, 0.1) is 10.2 Å². The Balaban J connectivity index is 1.61. The van der Waals surface area contributed by atoms with E-state index < -0.39 is 11.8 Å². The van der Waals surface area contributed by atoms with Crippen LogP contribution in [0.1, 0.15) is 28.4 Å². The number of fused-ring (bicyclic) bond motifs is 1. The first-order valence-electron chi connectivity index (χ1n) is 10.4. The van der Waals surface area contributed by atoms with E-state index in [2.05, 4.69) is 31.8 Å². The number of hydrazone groups is 1. The Kier molecular flexibility index (Phi) is 7.02. The van der Waals surface area contributed by atoms with Gasteiger partial charge in [-0.25, -0.2) is 5.43 Å². The normalized spacial score (nSPS) is 12.9. The maximum atomic E-state index is 13.0. The number of carbonyl (C=O) groups excluding carboxylic acids is 2. The summed E-state index contributed by atoms with van der Waals surface area (Å²) in [6.45, 7) is 1.68. The Bertz CT molecular complexity index is 1350. The summed E-state index contributed by atoms with van der Waals surface area (Å²) in [7, 11) is 0. The smallest absolute Gasteiger partial charge is 0.287 e. The molecule has 0 saturated heterocycles. The molecule has 9 nitrogen and oxygen atoms in total. The van der Waals surface area contributed by atoms with Crippen molar-refractivity contribution in [2.24, 2.45) is 5.10 Å². The molecule has 3 aromatic carbocycles. The molecule has 0 radical (unpaired) electrons. The van der Waals surface area contributed by atoms with Gasteiger partial charge < -0.3 is 25.0 Å². The molecule has 1 aliphatic rings. The third-order valence-corrected chi connectivity index (χ3v) is 5.65. The molecule has 0 bridgehead atoms. The summed E-state index contributed by atoms with van der Waals surface area (Å²) in [4.78, 5) is 25.8. The molecule has 0 aromatic heterocycles. The highest BCUT2D eigenvalue weighted by atomic mass is 79.9. The molecule has 3 aromatic rings. The van der Waals surface area contributed by atoms with E-state index in [4.69, 9.17) is 9.47 Å². The minimum Gasteiger partial charge on any atom is -0.507 e. The van der Waals surface area contributed by atoms with Crippen LogP contribution in [0, 0.1) is 0 Å². The second-order valence-electron chi connectivity index (χ2n) is 7.45. The van der Waals surface area contributed by atoms with E-state index in [9.17, 15) is 19.8 Å². The van der Waals surface area contributed by atoms with Crippen LogP contribution in [0.25, 0.3) is 6.08 Å². The van der Waals surface area contributed by atoms with Crippen molar-refractivity contribution in [3.63, 3.8) is 0 Å². The molecule has 0 unspecified atom stereocenters. The van der Waals surface area contributed by atoms with E-state index in [1.807, 2.05) is 0 Å². The maximum Gasteiger partial charge on any atom is 0.287 e. The summed E-state index contributed by atoms with van der Waals surface area (Å²) in [5, 5.41) is 26.5. The minimum atomic E-state index is -0.691. The Hall–Kier alpha value is -4.31. The molecule has 1 aliphatic heterocycles. The van der Waals surface area contributed by atoms with Crippen molar-refractivity contribution >= 4 is 39.5 Å². The molecule has 0 spiro atoms. The second kappa shape index (κ2) is 10.3. The zero-order valence-corrected chi connectivity index (χ0v) is 20.0. The van der Waals surface area contributed by atoms with Crippen molar-refractivity contribution in [2.45, 2.75) is 6.92 Å². The van der Waals surface area contributed by atoms with Gasteiger partial charge in [-0.05, 0) is 64.8 Å². The number of amides is 2. The van der Waals surface area contributed by atoms with Crippen LogP contribution in [-0.4, -0.2) is 34.5 Å². The number of phenols is 2. The molecule has 35 heavy (non-hydrogen) atoms. The monoisotopic (exact) mass is 537 g/mol. The summed E-state index contributed by atoms with van der Waals surface area (Å²) in [6.07, 6.45) is 1.48. The lowest BCUT2D eigenvalue weighted by Gasteiger charge is -2.11. The fourth-order valence-electron chi connectivity index (χ4n) is 3.21. The van der Waals surface area contributed by atoms with Crippen LogP contribution in [0.5, 0.6) is 23.0 Å². The van der Waals surface area contributed by atoms with E-state index in [1.165, 1.54) is 12.1 Å². The maximum absolute atomic E-state index is 13.0. The number of aromatic hydroxyl groups is 2. The SMILES string of the molecule is CC(=NNC(=O)C(=Cc1ccc2c(c1)OCO2)NC(=O)c1ccccc1)c1cc(Br)c(O)cc1O. The van der Waals surface area contributed by atoms with Crippen molar-refractivity contribution in [3.05, 3.63) is 87.5 Å². The number of nitrogens with one attached hydrogen (secondary N) is 2. The lowest BCUT2D eigenvalue weighted by molar-refractivity contribution is -0.117. The summed E-state index contributed by atoms with van der Waals surface area (Å²) in [5.41, 5.74) is 3.86. The van der Waals surface area contributed by atoms with E-state index in [0.717, 1.165) is 6.07 Å².